The average molecular weight is 417 g/mol. The van der Waals surface area contributed by atoms with Gasteiger partial charge in [-0.15, -0.1) is 0 Å². The van der Waals surface area contributed by atoms with Crippen LogP contribution in [0, 0.1) is 13.8 Å². The van der Waals surface area contributed by atoms with Gasteiger partial charge in [-0.3, -0.25) is 14.5 Å². The van der Waals surface area contributed by atoms with Gasteiger partial charge in [-0.1, -0.05) is 30.3 Å². The summed E-state index contributed by atoms with van der Waals surface area (Å²) >= 11 is 0. The van der Waals surface area contributed by atoms with Crippen LogP contribution in [0.5, 0.6) is 5.75 Å². The number of hydrogen-bond donors (Lipinski definition) is 2. The number of rotatable bonds is 6. The van der Waals surface area contributed by atoms with Crippen LogP contribution in [0.15, 0.2) is 42.5 Å². The molecule has 1 aliphatic heterocycles. The number of nitrogens with zero attached hydrogens (tertiary/aromatic N) is 1. The predicted octanol–water partition coefficient (Wildman–Crippen LogP) is 3.31. The molecule has 1 heterocycles. The van der Waals surface area contributed by atoms with Crippen LogP contribution >= 0.6 is 0 Å². The summed E-state index contributed by atoms with van der Waals surface area (Å²) in [6.07, 6.45) is 0. The third kappa shape index (κ3) is 4.10. The van der Waals surface area contributed by atoms with Gasteiger partial charge in [0.25, 0.3) is 5.91 Å². The van der Waals surface area contributed by atoms with Crippen LogP contribution in [0.1, 0.15) is 23.6 Å². The fourth-order valence-electron chi connectivity index (χ4n) is 3.34. The smallest absolute Gasteiger partial charge is 0.387 e. The minimum absolute atomic E-state index is 0.0704. The number of carbonyl (C=O) groups is 3. The highest BCUT2D eigenvalue weighted by Crippen LogP contribution is 2.30. The number of carbonyl (C=O) groups excluding carboxylic acids is 3. The molecule has 3 rings (SSSR count). The van der Waals surface area contributed by atoms with Crippen molar-refractivity contribution in [1.29, 1.82) is 0 Å². The lowest BCUT2D eigenvalue weighted by Crippen LogP contribution is -2.42. The second-order valence-corrected chi connectivity index (χ2v) is 7.16. The Morgan fingerprint density at radius 1 is 1.13 bits per heavy atom. The van der Waals surface area contributed by atoms with Gasteiger partial charge in [0, 0.05) is 5.69 Å². The lowest BCUT2D eigenvalue weighted by atomic mass is 9.92. The van der Waals surface area contributed by atoms with Crippen molar-refractivity contribution in [2.75, 3.05) is 11.9 Å². The van der Waals surface area contributed by atoms with Crippen molar-refractivity contribution in [2.24, 2.45) is 0 Å². The molecule has 0 unspecified atom stereocenters. The van der Waals surface area contributed by atoms with Crippen LogP contribution in [0.25, 0.3) is 0 Å². The molecule has 1 aliphatic rings. The molecule has 1 fully saturated rings. The summed E-state index contributed by atoms with van der Waals surface area (Å²) in [4.78, 5) is 38.6. The van der Waals surface area contributed by atoms with E-state index in [1.165, 1.54) is 31.2 Å². The molecule has 1 atom stereocenters. The first-order valence-corrected chi connectivity index (χ1v) is 9.17. The number of hydrogen-bond acceptors (Lipinski definition) is 4. The Morgan fingerprint density at radius 3 is 2.30 bits per heavy atom. The van der Waals surface area contributed by atoms with E-state index < -0.39 is 36.5 Å². The van der Waals surface area contributed by atoms with Gasteiger partial charge < -0.3 is 15.4 Å². The van der Waals surface area contributed by atoms with Gasteiger partial charge in [0.2, 0.25) is 5.91 Å². The molecule has 7 nitrogen and oxygen atoms in total. The summed E-state index contributed by atoms with van der Waals surface area (Å²) in [7, 11) is 0. The third-order valence-corrected chi connectivity index (χ3v) is 4.98. The minimum Gasteiger partial charge on any atom is -0.435 e. The quantitative estimate of drug-likeness (QED) is 0.706. The molecular formula is C21H21F2N3O4. The Hall–Kier alpha value is -3.49. The predicted molar refractivity (Wildman–Crippen MR) is 105 cm³/mol. The highest BCUT2D eigenvalue weighted by molar-refractivity contribution is 6.10. The summed E-state index contributed by atoms with van der Waals surface area (Å²) in [6.45, 7) is 1.74. The fourth-order valence-corrected chi connectivity index (χ4v) is 3.34. The Morgan fingerprint density at radius 2 is 1.73 bits per heavy atom. The first-order chi connectivity index (χ1) is 14.1. The van der Waals surface area contributed by atoms with Gasteiger partial charge in [0.15, 0.2) is 0 Å². The molecule has 0 radical (unpaired) electrons. The SMILES string of the molecule is Cc1cccc(C)c1NC(=O)CN1C(=O)N[C@@](C)(c2ccc(OC(F)F)cc2)C1=O. The van der Waals surface area contributed by atoms with Gasteiger partial charge >= 0.3 is 12.6 Å². The van der Waals surface area contributed by atoms with Crippen molar-refractivity contribution in [3.05, 3.63) is 59.2 Å². The first-order valence-electron chi connectivity index (χ1n) is 9.17. The lowest BCUT2D eigenvalue weighted by Gasteiger charge is -2.22. The zero-order chi connectivity index (χ0) is 22.1. The maximum Gasteiger partial charge on any atom is 0.387 e. The molecule has 0 bridgehead atoms. The largest absolute Gasteiger partial charge is 0.435 e. The van der Waals surface area contributed by atoms with E-state index in [-0.39, 0.29) is 5.75 Å². The lowest BCUT2D eigenvalue weighted by molar-refractivity contribution is -0.133. The van der Waals surface area contributed by atoms with Crippen molar-refractivity contribution >= 4 is 23.5 Å². The molecule has 2 aromatic rings. The van der Waals surface area contributed by atoms with Crippen LogP contribution in [0.4, 0.5) is 19.3 Å². The van der Waals surface area contributed by atoms with Crippen LogP contribution in [-0.2, 0) is 15.1 Å². The van der Waals surface area contributed by atoms with Crippen molar-refractivity contribution in [1.82, 2.24) is 10.2 Å². The summed E-state index contributed by atoms with van der Waals surface area (Å²) in [5.74, 6) is -1.20. The first kappa shape index (κ1) is 21.2. The van der Waals surface area contributed by atoms with E-state index >= 15 is 0 Å². The molecular weight excluding hydrogens is 396 g/mol. The van der Waals surface area contributed by atoms with Crippen molar-refractivity contribution < 1.29 is 27.9 Å². The molecule has 0 spiro atoms. The van der Waals surface area contributed by atoms with Crippen LogP contribution in [-0.4, -0.2) is 35.9 Å². The normalized spacial score (nSPS) is 18.5. The number of halogens is 2. The van der Waals surface area contributed by atoms with Gasteiger partial charge in [0.1, 0.15) is 17.8 Å². The van der Waals surface area contributed by atoms with Crippen molar-refractivity contribution in [3.8, 4) is 5.75 Å². The average Bonchev–Trinajstić information content (AvgIpc) is 2.89. The van der Waals surface area contributed by atoms with E-state index in [0.29, 0.717) is 11.3 Å². The summed E-state index contributed by atoms with van der Waals surface area (Å²) < 4.78 is 28.9. The van der Waals surface area contributed by atoms with Crippen LogP contribution in [0.3, 0.4) is 0 Å². The van der Waals surface area contributed by atoms with Crippen molar-refractivity contribution in [2.45, 2.75) is 32.9 Å². The molecule has 158 valence electrons. The number of aryl methyl sites for hydroxylation is 2. The minimum atomic E-state index is -2.97. The number of benzene rings is 2. The molecule has 30 heavy (non-hydrogen) atoms. The van der Waals surface area contributed by atoms with E-state index in [1.54, 1.807) is 0 Å². The van der Waals surface area contributed by atoms with Crippen LogP contribution in [0.2, 0.25) is 0 Å². The zero-order valence-corrected chi connectivity index (χ0v) is 16.7. The van der Waals surface area contributed by atoms with E-state index in [0.717, 1.165) is 16.0 Å². The number of anilines is 1. The van der Waals surface area contributed by atoms with E-state index in [9.17, 15) is 23.2 Å². The summed E-state index contributed by atoms with van der Waals surface area (Å²) in [6, 6.07) is 10.2. The number of nitrogens with one attached hydrogen (secondary N) is 2. The van der Waals surface area contributed by atoms with E-state index in [2.05, 4.69) is 15.4 Å². The number of urea groups is 1. The second-order valence-electron chi connectivity index (χ2n) is 7.16. The molecule has 2 aromatic carbocycles. The summed E-state index contributed by atoms with van der Waals surface area (Å²) in [5, 5.41) is 5.31. The zero-order valence-electron chi connectivity index (χ0n) is 16.7. The molecule has 2 N–H and O–H groups in total. The summed E-state index contributed by atoms with van der Waals surface area (Å²) in [5.41, 5.74) is 1.29. The Labute approximate surface area is 172 Å². The Kier molecular flexibility index (Phi) is 5.73. The number of alkyl halides is 2. The molecule has 0 saturated carbocycles. The van der Waals surface area contributed by atoms with E-state index in [4.69, 9.17) is 0 Å². The van der Waals surface area contributed by atoms with Gasteiger partial charge in [0.05, 0.1) is 0 Å². The monoisotopic (exact) mass is 417 g/mol. The maximum absolute atomic E-state index is 12.9. The maximum atomic E-state index is 12.9. The van der Waals surface area contributed by atoms with E-state index in [1.807, 2.05) is 32.0 Å². The highest BCUT2D eigenvalue weighted by atomic mass is 19.3. The van der Waals surface area contributed by atoms with Crippen molar-refractivity contribution in [3.63, 3.8) is 0 Å². The molecule has 0 aliphatic carbocycles. The number of imide groups is 1. The standard InChI is InChI=1S/C21H21F2N3O4/c1-12-5-4-6-13(2)17(12)24-16(27)11-26-18(28)21(3,25-20(26)29)14-7-9-15(10-8-14)30-19(22)23/h4-10,19H,11H2,1-3H3,(H,24,27)(H,25,29)/t21-/m0/s1. The van der Waals surface area contributed by atoms with Gasteiger partial charge in [-0.2, -0.15) is 8.78 Å². The molecule has 4 amide bonds. The number of amides is 4. The highest BCUT2D eigenvalue weighted by Gasteiger charge is 2.49. The topological polar surface area (TPSA) is 87.7 Å². The molecule has 9 heteroatoms. The molecule has 0 aromatic heterocycles. The third-order valence-electron chi connectivity index (χ3n) is 4.98. The Bertz CT molecular complexity index is 974. The van der Waals surface area contributed by atoms with Gasteiger partial charge in [-0.25, -0.2) is 4.79 Å². The van der Waals surface area contributed by atoms with Crippen LogP contribution < -0.4 is 15.4 Å². The Balaban J connectivity index is 1.74. The number of para-hydroxylation sites is 1. The fraction of sp³-hybridized carbons (Fsp3) is 0.286. The number of ether oxygens (including phenoxy) is 1. The van der Waals surface area contributed by atoms with Gasteiger partial charge in [-0.05, 0) is 49.6 Å². The molecule has 1 saturated heterocycles. The second kappa shape index (κ2) is 8.10.